The molecule has 23 heavy (non-hydrogen) atoms. The topological polar surface area (TPSA) is 38.9 Å². The minimum absolute atomic E-state index is 0.423. The van der Waals surface area contributed by atoms with Gasteiger partial charge in [-0.2, -0.15) is 0 Å². The standard InChI is InChI=1S/C18H20N2OSi2/c1-22(2)15-9-5-13(6-10-15)17-19-20-18(21-17)14-7-11-16(12-8-14)23(3)4/h5-12H,1-4H3. The maximum Gasteiger partial charge on any atom is 0.248 e. The third-order valence-electron chi connectivity index (χ3n) is 3.84. The van der Waals surface area contributed by atoms with E-state index in [9.17, 15) is 0 Å². The molecule has 0 aliphatic carbocycles. The molecule has 1 aromatic heterocycles. The van der Waals surface area contributed by atoms with E-state index in [4.69, 9.17) is 4.42 Å². The van der Waals surface area contributed by atoms with Crippen LogP contribution in [0, 0.1) is 0 Å². The molecular weight excluding hydrogens is 316 g/mol. The second kappa shape index (κ2) is 6.64. The van der Waals surface area contributed by atoms with Crippen LogP contribution in [-0.4, -0.2) is 27.8 Å². The normalized spacial score (nSPS) is 11.4. The highest BCUT2D eigenvalue weighted by Gasteiger charge is 2.11. The van der Waals surface area contributed by atoms with Crippen molar-refractivity contribution in [3.63, 3.8) is 0 Å². The monoisotopic (exact) mass is 336 g/mol. The zero-order valence-corrected chi connectivity index (χ0v) is 15.9. The van der Waals surface area contributed by atoms with Crippen LogP contribution in [0.25, 0.3) is 22.9 Å². The number of hydrogen-bond acceptors (Lipinski definition) is 3. The fourth-order valence-corrected chi connectivity index (χ4v) is 4.02. The molecule has 0 fully saturated rings. The minimum atomic E-state index is -0.423. The van der Waals surface area contributed by atoms with Crippen molar-refractivity contribution in [2.24, 2.45) is 0 Å². The fourth-order valence-electron chi connectivity index (χ4n) is 2.35. The molecule has 3 nitrogen and oxygen atoms in total. The third-order valence-corrected chi connectivity index (χ3v) is 6.82. The summed E-state index contributed by atoms with van der Waals surface area (Å²) >= 11 is 0. The Morgan fingerprint density at radius 3 is 1.26 bits per heavy atom. The van der Waals surface area contributed by atoms with Gasteiger partial charge in [0, 0.05) is 11.1 Å². The van der Waals surface area contributed by atoms with Crippen LogP contribution >= 0.6 is 0 Å². The first-order valence-corrected chi connectivity index (χ1v) is 12.7. The highest BCUT2D eigenvalue weighted by Crippen LogP contribution is 2.22. The van der Waals surface area contributed by atoms with Crippen molar-refractivity contribution in [1.29, 1.82) is 0 Å². The Morgan fingerprint density at radius 2 is 0.957 bits per heavy atom. The average molecular weight is 337 g/mol. The van der Waals surface area contributed by atoms with Crippen LogP contribution in [0.1, 0.15) is 0 Å². The average Bonchev–Trinajstić information content (AvgIpc) is 3.05. The Bertz CT molecular complexity index is 712. The van der Waals surface area contributed by atoms with Gasteiger partial charge in [0.05, 0.1) is 17.6 Å². The van der Waals surface area contributed by atoms with Crippen molar-refractivity contribution < 1.29 is 4.42 Å². The van der Waals surface area contributed by atoms with E-state index in [1.165, 1.54) is 10.4 Å². The first-order valence-electron chi connectivity index (χ1n) is 7.70. The smallest absolute Gasteiger partial charge is 0.248 e. The highest BCUT2D eigenvalue weighted by atomic mass is 28.3. The zero-order valence-electron chi connectivity index (χ0n) is 13.9. The van der Waals surface area contributed by atoms with Crippen LogP contribution in [0.4, 0.5) is 0 Å². The first-order chi connectivity index (χ1) is 11.0. The number of nitrogens with zero attached hydrogens (tertiary/aromatic N) is 2. The molecule has 0 atom stereocenters. The minimum Gasteiger partial charge on any atom is -0.416 e. The molecule has 0 spiro atoms. The van der Waals surface area contributed by atoms with Gasteiger partial charge in [0.25, 0.3) is 0 Å². The predicted octanol–water partition coefficient (Wildman–Crippen LogP) is 3.33. The summed E-state index contributed by atoms with van der Waals surface area (Å²) in [6, 6.07) is 16.9. The number of hydrogen-bond donors (Lipinski definition) is 0. The summed E-state index contributed by atoms with van der Waals surface area (Å²) in [4.78, 5) is 0. The maximum atomic E-state index is 5.85. The molecule has 116 valence electrons. The Morgan fingerprint density at radius 1 is 0.609 bits per heavy atom. The van der Waals surface area contributed by atoms with Crippen molar-refractivity contribution in [3.05, 3.63) is 48.5 Å². The van der Waals surface area contributed by atoms with Crippen LogP contribution in [0.3, 0.4) is 0 Å². The summed E-state index contributed by atoms with van der Waals surface area (Å²) in [5.41, 5.74) is 1.94. The number of aromatic nitrogens is 2. The van der Waals surface area contributed by atoms with Gasteiger partial charge >= 0.3 is 0 Å². The summed E-state index contributed by atoms with van der Waals surface area (Å²) in [6.07, 6.45) is 0. The van der Waals surface area contributed by atoms with Gasteiger partial charge in [0.15, 0.2) is 0 Å². The summed E-state index contributed by atoms with van der Waals surface area (Å²) in [5, 5.41) is 11.2. The molecule has 0 amide bonds. The van der Waals surface area contributed by atoms with E-state index >= 15 is 0 Å². The van der Waals surface area contributed by atoms with Gasteiger partial charge in [0.1, 0.15) is 0 Å². The molecule has 0 aliphatic heterocycles. The largest absolute Gasteiger partial charge is 0.416 e. The quantitative estimate of drug-likeness (QED) is 0.686. The lowest BCUT2D eigenvalue weighted by Gasteiger charge is -2.03. The van der Waals surface area contributed by atoms with E-state index in [2.05, 4.69) is 84.9 Å². The van der Waals surface area contributed by atoms with Crippen LogP contribution in [-0.2, 0) is 0 Å². The van der Waals surface area contributed by atoms with Crippen molar-refractivity contribution in [2.45, 2.75) is 26.2 Å². The van der Waals surface area contributed by atoms with E-state index in [0.717, 1.165) is 11.1 Å². The van der Waals surface area contributed by atoms with E-state index < -0.39 is 17.6 Å². The van der Waals surface area contributed by atoms with Crippen LogP contribution in [0.5, 0.6) is 0 Å². The molecular formula is C18H20N2OSi2. The predicted molar refractivity (Wildman–Crippen MR) is 99.4 cm³/mol. The summed E-state index contributed by atoms with van der Waals surface area (Å²) in [7, 11) is -0.846. The Balaban J connectivity index is 1.85. The van der Waals surface area contributed by atoms with Gasteiger partial charge in [-0.05, 0) is 24.3 Å². The van der Waals surface area contributed by atoms with Crippen LogP contribution in [0.15, 0.2) is 52.9 Å². The van der Waals surface area contributed by atoms with Gasteiger partial charge in [-0.3, -0.25) is 0 Å². The Kier molecular flexibility index (Phi) is 4.59. The first kappa shape index (κ1) is 15.9. The molecule has 0 aliphatic rings. The van der Waals surface area contributed by atoms with Gasteiger partial charge < -0.3 is 4.42 Å². The summed E-state index contributed by atoms with van der Waals surface area (Å²) < 4.78 is 5.85. The van der Waals surface area contributed by atoms with Crippen LogP contribution in [0.2, 0.25) is 26.2 Å². The molecule has 0 bridgehead atoms. The molecule has 2 aromatic carbocycles. The zero-order chi connectivity index (χ0) is 16.4. The van der Waals surface area contributed by atoms with E-state index in [1.807, 2.05) is 0 Å². The molecule has 0 unspecified atom stereocenters. The molecule has 0 N–H and O–H groups in total. The molecule has 3 rings (SSSR count). The molecule has 0 saturated heterocycles. The lowest BCUT2D eigenvalue weighted by Crippen LogP contribution is -2.21. The van der Waals surface area contributed by atoms with Crippen molar-refractivity contribution in [3.8, 4) is 22.9 Å². The van der Waals surface area contributed by atoms with Gasteiger partial charge in [-0.25, -0.2) is 0 Å². The Labute approximate surface area is 140 Å². The SMILES string of the molecule is C[Si](C)c1ccc(-c2nnc(-c3ccc([Si](C)C)cc3)o2)cc1. The van der Waals surface area contributed by atoms with Gasteiger partial charge in [-0.1, -0.05) is 60.8 Å². The lowest BCUT2D eigenvalue weighted by atomic mass is 10.2. The Hall–Kier alpha value is -1.99. The van der Waals surface area contributed by atoms with Gasteiger partial charge in [0.2, 0.25) is 11.8 Å². The van der Waals surface area contributed by atoms with Crippen molar-refractivity contribution >= 4 is 28.0 Å². The highest BCUT2D eigenvalue weighted by molar-refractivity contribution is 6.71. The molecule has 0 saturated carbocycles. The van der Waals surface area contributed by atoms with Crippen molar-refractivity contribution in [2.75, 3.05) is 0 Å². The van der Waals surface area contributed by atoms with Crippen molar-refractivity contribution in [1.82, 2.24) is 10.2 Å². The molecule has 5 heteroatoms. The van der Waals surface area contributed by atoms with E-state index in [1.54, 1.807) is 0 Å². The fraction of sp³-hybridized carbons (Fsp3) is 0.222. The van der Waals surface area contributed by atoms with E-state index in [0.29, 0.717) is 11.8 Å². The second-order valence-electron chi connectivity index (χ2n) is 6.07. The number of benzene rings is 2. The van der Waals surface area contributed by atoms with Gasteiger partial charge in [-0.15, -0.1) is 10.2 Å². The third kappa shape index (κ3) is 3.51. The molecule has 3 aromatic rings. The second-order valence-corrected chi connectivity index (χ2v) is 11.2. The lowest BCUT2D eigenvalue weighted by molar-refractivity contribution is 0.584. The molecule has 2 radical (unpaired) electrons. The summed E-state index contributed by atoms with van der Waals surface area (Å²) in [6.45, 7) is 9.14. The summed E-state index contributed by atoms with van der Waals surface area (Å²) in [5.74, 6) is 1.15. The van der Waals surface area contributed by atoms with E-state index in [-0.39, 0.29) is 0 Å². The maximum absolute atomic E-state index is 5.85. The molecule has 1 heterocycles. The number of rotatable bonds is 4. The van der Waals surface area contributed by atoms with Crippen LogP contribution < -0.4 is 10.4 Å².